The fourth-order valence-corrected chi connectivity index (χ4v) is 2.28. The van der Waals surface area contributed by atoms with Crippen LogP contribution in [0, 0.1) is 5.82 Å². The highest BCUT2D eigenvalue weighted by atomic mass is 32.2. The minimum Gasteiger partial charge on any atom is -0.397 e. The van der Waals surface area contributed by atoms with Gasteiger partial charge in [0, 0.05) is 18.3 Å². The summed E-state index contributed by atoms with van der Waals surface area (Å²) in [4.78, 5) is 15.8. The Kier molecular flexibility index (Phi) is 4.95. The molecule has 0 aliphatic heterocycles. The van der Waals surface area contributed by atoms with E-state index in [0.29, 0.717) is 16.3 Å². The van der Waals surface area contributed by atoms with Gasteiger partial charge in [0.15, 0.2) is 0 Å². The van der Waals surface area contributed by atoms with Crippen molar-refractivity contribution in [2.24, 2.45) is 0 Å². The lowest BCUT2D eigenvalue weighted by atomic mass is 10.2. The molecule has 2 rings (SSSR count). The third kappa shape index (κ3) is 3.96. The summed E-state index contributed by atoms with van der Waals surface area (Å²) < 4.78 is 13.4. The van der Waals surface area contributed by atoms with Crippen LogP contribution in [-0.4, -0.2) is 16.6 Å². The Hall–Kier alpha value is -2.08. The minimum absolute atomic E-state index is 0.170. The molecule has 4 nitrogen and oxygen atoms in total. The molecular weight excluding hydrogens is 277 g/mol. The lowest BCUT2D eigenvalue weighted by Crippen LogP contribution is -2.25. The monoisotopic (exact) mass is 291 g/mol. The first-order valence-electron chi connectivity index (χ1n) is 6.00. The van der Waals surface area contributed by atoms with Crippen LogP contribution in [0.25, 0.3) is 0 Å². The summed E-state index contributed by atoms with van der Waals surface area (Å²) in [7, 11) is 0. The van der Waals surface area contributed by atoms with Crippen molar-refractivity contribution in [2.75, 3.05) is 11.5 Å². The average molecular weight is 291 g/mol. The molecule has 0 atom stereocenters. The number of nitrogens with two attached hydrogens (primary N) is 1. The maximum Gasteiger partial charge on any atom is 0.230 e. The topological polar surface area (TPSA) is 68.0 Å². The van der Waals surface area contributed by atoms with Crippen molar-refractivity contribution in [3.8, 4) is 0 Å². The number of anilines is 1. The third-order valence-corrected chi connectivity index (χ3v) is 3.60. The molecule has 0 bridgehead atoms. The fraction of sp³-hybridized carbons (Fsp3) is 0.143. The SMILES string of the molecule is Nc1cccnc1SCC(=O)NCc1ccccc1F. The highest BCUT2D eigenvalue weighted by Crippen LogP contribution is 2.21. The Morgan fingerprint density at radius 2 is 2.10 bits per heavy atom. The third-order valence-electron chi connectivity index (χ3n) is 2.57. The second-order valence-electron chi connectivity index (χ2n) is 4.05. The van der Waals surface area contributed by atoms with E-state index in [9.17, 15) is 9.18 Å². The van der Waals surface area contributed by atoms with E-state index in [4.69, 9.17) is 5.73 Å². The number of nitrogens with zero attached hydrogens (tertiary/aromatic N) is 1. The van der Waals surface area contributed by atoms with Crippen LogP contribution >= 0.6 is 11.8 Å². The second kappa shape index (κ2) is 6.91. The lowest BCUT2D eigenvalue weighted by molar-refractivity contribution is -0.118. The van der Waals surface area contributed by atoms with Crippen molar-refractivity contribution in [1.29, 1.82) is 0 Å². The molecule has 3 N–H and O–H groups in total. The quantitative estimate of drug-likeness (QED) is 0.829. The van der Waals surface area contributed by atoms with Gasteiger partial charge in [-0.25, -0.2) is 9.37 Å². The van der Waals surface area contributed by atoms with Gasteiger partial charge in [0.25, 0.3) is 0 Å². The van der Waals surface area contributed by atoms with Crippen LogP contribution in [0.4, 0.5) is 10.1 Å². The van der Waals surface area contributed by atoms with Gasteiger partial charge < -0.3 is 11.1 Å². The molecule has 0 aliphatic carbocycles. The predicted molar refractivity (Wildman–Crippen MR) is 77.6 cm³/mol. The molecule has 0 saturated heterocycles. The van der Waals surface area contributed by atoms with Crippen LogP contribution in [0.1, 0.15) is 5.56 Å². The van der Waals surface area contributed by atoms with Crippen LogP contribution < -0.4 is 11.1 Å². The smallest absolute Gasteiger partial charge is 0.230 e. The molecule has 2 aromatic rings. The van der Waals surface area contributed by atoms with Crippen LogP contribution in [0.5, 0.6) is 0 Å². The largest absolute Gasteiger partial charge is 0.397 e. The number of pyridine rings is 1. The normalized spacial score (nSPS) is 10.2. The zero-order chi connectivity index (χ0) is 14.4. The van der Waals surface area contributed by atoms with Crippen LogP contribution in [0.15, 0.2) is 47.6 Å². The van der Waals surface area contributed by atoms with Gasteiger partial charge in [-0.05, 0) is 18.2 Å². The highest BCUT2D eigenvalue weighted by molar-refractivity contribution is 8.00. The number of nitrogens with one attached hydrogen (secondary N) is 1. The Morgan fingerprint density at radius 1 is 1.30 bits per heavy atom. The fourth-order valence-electron chi connectivity index (χ4n) is 1.54. The molecule has 0 fully saturated rings. The molecule has 0 aliphatic rings. The van der Waals surface area contributed by atoms with Gasteiger partial charge in [0.05, 0.1) is 11.4 Å². The van der Waals surface area contributed by atoms with Crippen molar-refractivity contribution >= 4 is 23.4 Å². The van der Waals surface area contributed by atoms with Gasteiger partial charge in [-0.2, -0.15) is 0 Å². The molecule has 1 amide bonds. The number of carbonyl (C=O) groups excluding carboxylic acids is 1. The Morgan fingerprint density at radius 3 is 2.85 bits per heavy atom. The number of nitrogen functional groups attached to an aromatic ring is 1. The molecule has 0 radical (unpaired) electrons. The van der Waals surface area contributed by atoms with E-state index in [0.717, 1.165) is 0 Å². The molecule has 6 heteroatoms. The van der Waals surface area contributed by atoms with E-state index in [-0.39, 0.29) is 24.0 Å². The summed E-state index contributed by atoms with van der Waals surface area (Å²) in [5.74, 6) is -0.326. The molecule has 0 saturated carbocycles. The summed E-state index contributed by atoms with van der Waals surface area (Å²) in [6, 6.07) is 9.81. The summed E-state index contributed by atoms with van der Waals surface area (Å²) in [5.41, 5.74) is 6.73. The van der Waals surface area contributed by atoms with Gasteiger partial charge in [0.1, 0.15) is 10.8 Å². The number of hydrogen-bond donors (Lipinski definition) is 2. The number of aromatic nitrogens is 1. The van der Waals surface area contributed by atoms with Crippen molar-refractivity contribution in [2.45, 2.75) is 11.6 Å². The van der Waals surface area contributed by atoms with Crippen LogP contribution in [0.2, 0.25) is 0 Å². The van der Waals surface area contributed by atoms with Gasteiger partial charge in [0.2, 0.25) is 5.91 Å². The molecule has 1 heterocycles. The molecule has 104 valence electrons. The first kappa shape index (κ1) is 14.3. The Bertz CT molecular complexity index is 555. The van der Waals surface area contributed by atoms with Gasteiger partial charge in [-0.15, -0.1) is 0 Å². The van der Waals surface area contributed by atoms with Crippen LogP contribution in [-0.2, 0) is 11.3 Å². The summed E-state index contributed by atoms with van der Waals surface area (Å²) in [6.07, 6.45) is 1.62. The van der Waals surface area contributed by atoms with E-state index in [1.54, 1.807) is 36.5 Å². The molecule has 1 aromatic heterocycles. The number of amides is 1. The number of thioether (sulfide) groups is 1. The van der Waals surface area contributed by atoms with E-state index < -0.39 is 0 Å². The van der Waals surface area contributed by atoms with E-state index >= 15 is 0 Å². The number of benzene rings is 1. The van der Waals surface area contributed by atoms with Gasteiger partial charge in [-0.3, -0.25) is 4.79 Å². The zero-order valence-electron chi connectivity index (χ0n) is 10.7. The van der Waals surface area contributed by atoms with E-state index in [1.165, 1.54) is 17.8 Å². The maximum absolute atomic E-state index is 13.4. The first-order valence-corrected chi connectivity index (χ1v) is 6.99. The lowest BCUT2D eigenvalue weighted by Gasteiger charge is -2.06. The second-order valence-corrected chi connectivity index (χ2v) is 5.02. The minimum atomic E-state index is -0.325. The summed E-state index contributed by atoms with van der Waals surface area (Å²) in [5, 5.41) is 3.28. The molecular formula is C14H14FN3OS. The van der Waals surface area contributed by atoms with Crippen molar-refractivity contribution in [1.82, 2.24) is 10.3 Å². The van der Waals surface area contributed by atoms with Crippen molar-refractivity contribution in [3.63, 3.8) is 0 Å². The average Bonchev–Trinajstić information content (AvgIpc) is 2.45. The maximum atomic E-state index is 13.4. The van der Waals surface area contributed by atoms with Gasteiger partial charge in [-0.1, -0.05) is 30.0 Å². The highest BCUT2D eigenvalue weighted by Gasteiger charge is 2.07. The summed E-state index contributed by atoms with van der Waals surface area (Å²) in [6.45, 7) is 0.170. The Labute approximate surface area is 120 Å². The first-order chi connectivity index (χ1) is 9.66. The number of rotatable bonds is 5. The van der Waals surface area contributed by atoms with Gasteiger partial charge >= 0.3 is 0 Å². The molecule has 0 spiro atoms. The predicted octanol–water partition coefficient (Wildman–Crippen LogP) is 2.21. The number of carbonyl (C=O) groups is 1. The standard InChI is InChI=1S/C14H14FN3OS/c15-11-5-2-1-4-10(11)8-18-13(19)9-20-14-12(16)6-3-7-17-14/h1-7H,8-9,16H2,(H,18,19). The van der Waals surface area contributed by atoms with E-state index in [1.807, 2.05) is 0 Å². The van der Waals surface area contributed by atoms with Crippen molar-refractivity contribution < 1.29 is 9.18 Å². The number of hydrogen-bond acceptors (Lipinski definition) is 4. The molecule has 20 heavy (non-hydrogen) atoms. The van der Waals surface area contributed by atoms with Crippen molar-refractivity contribution in [3.05, 3.63) is 54.0 Å². The van der Waals surface area contributed by atoms with Crippen LogP contribution in [0.3, 0.4) is 0 Å². The Balaban J connectivity index is 1.82. The molecule has 1 aromatic carbocycles. The number of halogens is 1. The summed E-state index contributed by atoms with van der Waals surface area (Å²) >= 11 is 1.25. The zero-order valence-corrected chi connectivity index (χ0v) is 11.5. The van der Waals surface area contributed by atoms with E-state index in [2.05, 4.69) is 10.3 Å². The molecule has 0 unspecified atom stereocenters.